The number of benzene rings is 1. The summed E-state index contributed by atoms with van der Waals surface area (Å²) in [5, 5.41) is 0. The van der Waals surface area contributed by atoms with E-state index in [9.17, 15) is 9.18 Å². The Morgan fingerprint density at radius 2 is 2.08 bits per heavy atom. The van der Waals surface area contributed by atoms with Gasteiger partial charge in [-0.05, 0) is 12.0 Å². The number of morpholine rings is 1. The molecular formula is C19H25FN2O3. The molecule has 3 atom stereocenters. The molecule has 3 aliphatic heterocycles. The summed E-state index contributed by atoms with van der Waals surface area (Å²) in [6.45, 7) is 7.07. The highest BCUT2D eigenvalue weighted by Gasteiger charge is 2.42. The van der Waals surface area contributed by atoms with Gasteiger partial charge in [-0.2, -0.15) is 0 Å². The van der Waals surface area contributed by atoms with Crippen LogP contribution in [0.1, 0.15) is 18.9 Å². The molecular weight excluding hydrogens is 323 g/mol. The lowest BCUT2D eigenvalue weighted by molar-refractivity contribution is -0.137. The highest BCUT2D eigenvalue weighted by molar-refractivity contribution is 5.83. The largest absolute Gasteiger partial charge is 0.477 e. The van der Waals surface area contributed by atoms with Crippen LogP contribution in [-0.2, 0) is 16.0 Å². The summed E-state index contributed by atoms with van der Waals surface area (Å²) in [6, 6.07) is 5.27. The number of fused-ring (bicyclic) bond motifs is 1. The zero-order valence-corrected chi connectivity index (χ0v) is 14.6. The molecule has 0 spiro atoms. The average Bonchev–Trinajstić information content (AvgIpc) is 3.27. The molecule has 3 aliphatic rings. The number of nitrogens with zero attached hydrogens (tertiary/aromatic N) is 2. The Morgan fingerprint density at radius 3 is 2.80 bits per heavy atom. The van der Waals surface area contributed by atoms with E-state index in [2.05, 4.69) is 11.8 Å². The van der Waals surface area contributed by atoms with Crippen molar-refractivity contribution in [3.63, 3.8) is 0 Å². The third-order valence-electron chi connectivity index (χ3n) is 5.75. The summed E-state index contributed by atoms with van der Waals surface area (Å²) in [6.07, 6.45) is 0.918. The standard InChI is InChI=1S/C19H25FN2O3/c1-2-13-11-22(12-16(13)21-6-8-24-9-7-21)19(23)17-10-14-4-3-5-15(20)18(14)25-17/h3-5,13,16-17H,2,6-12H2,1H3/t13-,16+,17+/m1/s1. The summed E-state index contributed by atoms with van der Waals surface area (Å²) < 4.78 is 25.0. The Hall–Kier alpha value is -1.66. The van der Waals surface area contributed by atoms with Crippen molar-refractivity contribution < 1.29 is 18.7 Å². The molecule has 0 radical (unpaired) electrons. The first kappa shape index (κ1) is 16.8. The highest BCUT2D eigenvalue weighted by atomic mass is 19.1. The average molecular weight is 348 g/mol. The van der Waals surface area contributed by atoms with Gasteiger partial charge in [0.1, 0.15) is 0 Å². The van der Waals surface area contributed by atoms with Crippen molar-refractivity contribution >= 4 is 5.91 Å². The Bertz CT molecular complexity index is 648. The molecule has 1 aromatic rings. The number of likely N-dealkylation sites (tertiary alicyclic amines) is 1. The number of amides is 1. The van der Waals surface area contributed by atoms with Crippen molar-refractivity contribution in [2.24, 2.45) is 5.92 Å². The van der Waals surface area contributed by atoms with Crippen molar-refractivity contribution in [1.29, 1.82) is 0 Å². The van der Waals surface area contributed by atoms with Crippen molar-refractivity contribution in [3.8, 4) is 5.75 Å². The van der Waals surface area contributed by atoms with Crippen molar-refractivity contribution in [2.75, 3.05) is 39.4 Å². The van der Waals surface area contributed by atoms with E-state index in [-0.39, 0.29) is 17.5 Å². The van der Waals surface area contributed by atoms with Gasteiger partial charge in [0.2, 0.25) is 0 Å². The van der Waals surface area contributed by atoms with Gasteiger partial charge in [-0.15, -0.1) is 0 Å². The summed E-state index contributed by atoms with van der Waals surface area (Å²) >= 11 is 0. The molecule has 2 fully saturated rings. The smallest absolute Gasteiger partial charge is 0.264 e. The van der Waals surface area contributed by atoms with E-state index in [4.69, 9.17) is 9.47 Å². The first-order valence-corrected chi connectivity index (χ1v) is 9.22. The van der Waals surface area contributed by atoms with Crippen molar-refractivity contribution in [2.45, 2.75) is 31.9 Å². The van der Waals surface area contributed by atoms with Gasteiger partial charge in [0.15, 0.2) is 17.7 Å². The van der Waals surface area contributed by atoms with Crippen LogP contribution in [0.3, 0.4) is 0 Å². The van der Waals surface area contributed by atoms with E-state index >= 15 is 0 Å². The maximum Gasteiger partial charge on any atom is 0.264 e. The van der Waals surface area contributed by atoms with Gasteiger partial charge >= 0.3 is 0 Å². The van der Waals surface area contributed by atoms with E-state index in [1.807, 2.05) is 11.0 Å². The number of halogens is 1. The Labute approximate surface area is 147 Å². The second-order valence-electron chi connectivity index (χ2n) is 7.17. The Morgan fingerprint density at radius 1 is 1.28 bits per heavy atom. The van der Waals surface area contributed by atoms with Gasteiger partial charge in [-0.1, -0.05) is 25.5 Å². The predicted octanol–water partition coefficient (Wildman–Crippen LogP) is 1.70. The molecule has 0 aliphatic carbocycles. The topological polar surface area (TPSA) is 42.0 Å². The van der Waals surface area contributed by atoms with Crippen LogP contribution in [0.15, 0.2) is 18.2 Å². The lowest BCUT2D eigenvalue weighted by atomic mass is 9.99. The molecule has 4 rings (SSSR count). The molecule has 2 saturated heterocycles. The minimum atomic E-state index is -0.590. The van der Waals surface area contributed by atoms with Gasteiger partial charge < -0.3 is 14.4 Å². The molecule has 3 heterocycles. The van der Waals surface area contributed by atoms with Gasteiger partial charge in [-0.3, -0.25) is 9.69 Å². The maximum atomic E-state index is 13.9. The second-order valence-corrected chi connectivity index (χ2v) is 7.17. The molecule has 136 valence electrons. The van der Waals surface area contributed by atoms with Gasteiger partial charge in [0, 0.05) is 44.2 Å². The van der Waals surface area contributed by atoms with Crippen LogP contribution in [0.2, 0.25) is 0 Å². The third-order valence-corrected chi connectivity index (χ3v) is 5.75. The Kier molecular flexibility index (Phi) is 4.65. The van der Waals surface area contributed by atoms with Gasteiger partial charge in [0.25, 0.3) is 5.91 Å². The molecule has 0 bridgehead atoms. The minimum absolute atomic E-state index is 0.00944. The quantitative estimate of drug-likeness (QED) is 0.834. The summed E-state index contributed by atoms with van der Waals surface area (Å²) in [5.41, 5.74) is 0.786. The maximum absolute atomic E-state index is 13.9. The SMILES string of the molecule is CC[C@@H]1CN(C(=O)[C@@H]2Cc3cccc(F)c3O2)C[C@@H]1N1CCOCC1. The molecule has 0 unspecified atom stereocenters. The van der Waals surface area contributed by atoms with E-state index in [1.54, 1.807) is 6.07 Å². The molecule has 0 aromatic heterocycles. The van der Waals surface area contributed by atoms with Crippen LogP contribution in [0.4, 0.5) is 4.39 Å². The minimum Gasteiger partial charge on any atom is -0.477 e. The first-order valence-electron chi connectivity index (χ1n) is 9.22. The summed E-state index contributed by atoms with van der Waals surface area (Å²) in [5.74, 6) is 0.330. The number of hydrogen-bond donors (Lipinski definition) is 0. The van der Waals surface area contributed by atoms with Crippen LogP contribution in [0.25, 0.3) is 0 Å². The number of hydrogen-bond acceptors (Lipinski definition) is 4. The van der Waals surface area contributed by atoms with E-state index in [1.165, 1.54) is 6.07 Å². The lowest BCUT2D eigenvalue weighted by Crippen LogP contribution is -2.48. The molecule has 6 heteroatoms. The predicted molar refractivity (Wildman–Crippen MR) is 91.1 cm³/mol. The third kappa shape index (κ3) is 3.13. The summed E-state index contributed by atoms with van der Waals surface area (Å²) in [4.78, 5) is 17.3. The van der Waals surface area contributed by atoms with Crippen LogP contribution < -0.4 is 4.74 Å². The van der Waals surface area contributed by atoms with Crippen LogP contribution in [-0.4, -0.2) is 67.2 Å². The van der Waals surface area contributed by atoms with Crippen molar-refractivity contribution in [3.05, 3.63) is 29.6 Å². The highest BCUT2D eigenvalue weighted by Crippen LogP contribution is 2.33. The Balaban J connectivity index is 1.44. The van der Waals surface area contributed by atoms with Crippen LogP contribution >= 0.6 is 0 Å². The van der Waals surface area contributed by atoms with Crippen molar-refractivity contribution in [1.82, 2.24) is 9.80 Å². The fourth-order valence-electron chi connectivity index (χ4n) is 4.33. The van der Waals surface area contributed by atoms with E-state index in [0.29, 0.717) is 18.4 Å². The normalized spacial score (nSPS) is 29.5. The lowest BCUT2D eigenvalue weighted by Gasteiger charge is -2.34. The molecule has 1 aromatic carbocycles. The zero-order valence-electron chi connectivity index (χ0n) is 14.6. The molecule has 0 saturated carbocycles. The molecule has 1 amide bonds. The van der Waals surface area contributed by atoms with Gasteiger partial charge in [0.05, 0.1) is 13.2 Å². The van der Waals surface area contributed by atoms with Crippen LogP contribution in [0.5, 0.6) is 5.75 Å². The number of para-hydroxylation sites is 1. The zero-order chi connectivity index (χ0) is 17.4. The first-order chi connectivity index (χ1) is 12.2. The monoisotopic (exact) mass is 348 g/mol. The number of carbonyl (C=O) groups excluding carboxylic acids is 1. The molecule has 25 heavy (non-hydrogen) atoms. The molecule has 5 nitrogen and oxygen atoms in total. The fraction of sp³-hybridized carbons (Fsp3) is 0.632. The van der Waals surface area contributed by atoms with Gasteiger partial charge in [-0.25, -0.2) is 4.39 Å². The van der Waals surface area contributed by atoms with E-state index < -0.39 is 6.10 Å². The number of rotatable bonds is 3. The van der Waals surface area contributed by atoms with Crippen LogP contribution in [0, 0.1) is 11.7 Å². The number of ether oxygens (including phenoxy) is 2. The second kappa shape index (κ2) is 6.92. The summed E-state index contributed by atoms with van der Waals surface area (Å²) in [7, 11) is 0. The molecule has 0 N–H and O–H groups in total. The number of carbonyl (C=O) groups is 1. The fourth-order valence-corrected chi connectivity index (χ4v) is 4.33. The van der Waals surface area contributed by atoms with E-state index in [0.717, 1.165) is 51.4 Å².